The summed E-state index contributed by atoms with van der Waals surface area (Å²) in [7, 11) is 3.34. The number of pyridine rings is 1. The van der Waals surface area contributed by atoms with Gasteiger partial charge in [-0.25, -0.2) is 9.67 Å². The van der Waals surface area contributed by atoms with Crippen molar-refractivity contribution in [1.82, 2.24) is 19.7 Å². The van der Waals surface area contributed by atoms with Crippen LogP contribution in [0.2, 0.25) is 0 Å². The summed E-state index contributed by atoms with van der Waals surface area (Å²) in [4.78, 5) is 31.7. The first-order valence-electron chi connectivity index (χ1n) is 10.8. The van der Waals surface area contributed by atoms with Gasteiger partial charge in [0, 0.05) is 39.9 Å². The van der Waals surface area contributed by atoms with Crippen molar-refractivity contribution in [2.75, 3.05) is 33.9 Å². The molecule has 2 aromatic rings. The number of Topliss-reactive ketones (excluding diaryl/α,β-unsaturated/α-hetero) is 1. The molecule has 1 amide bonds. The molecule has 8 heteroatoms. The highest BCUT2D eigenvalue weighted by atomic mass is 16.5. The first-order valence-corrected chi connectivity index (χ1v) is 10.8. The number of nitrogens with zero attached hydrogens (tertiary/aromatic N) is 4. The van der Waals surface area contributed by atoms with E-state index in [0.717, 1.165) is 30.7 Å². The maximum absolute atomic E-state index is 13.0. The summed E-state index contributed by atoms with van der Waals surface area (Å²) >= 11 is 0. The number of carbonyl (C=O) groups excluding carboxylic acids is 2. The lowest BCUT2D eigenvalue weighted by Crippen LogP contribution is -2.30. The lowest BCUT2D eigenvalue weighted by molar-refractivity contribution is 0.0743. The first-order chi connectivity index (χ1) is 14.8. The second kappa shape index (κ2) is 8.51. The molecule has 3 heterocycles. The predicted molar refractivity (Wildman–Crippen MR) is 115 cm³/mol. The van der Waals surface area contributed by atoms with Gasteiger partial charge in [-0.05, 0) is 36.8 Å². The Morgan fingerprint density at radius 3 is 2.81 bits per heavy atom. The maximum atomic E-state index is 13.0. The Morgan fingerprint density at radius 1 is 1.35 bits per heavy atom. The summed E-state index contributed by atoms with van der Waals surface area (Å²) in [6.07, 6.45) is 4.49. The minimum Gasteiger partial charge on any atom is -0.383 e. The summed E-state index contributed by atoms with van der Waals surface area (Å²) in [5.74, 6) is 0.603. The van der Waals surface area contributed by atoms with E-state index in [1.807, 2.05) is 0 Å². The van der Waals surface area contributed by atoms with Crippen LogP contribution in [0.3, 0.4) is 0 Å². The average molecular weight is 427 g/mol. The molecule has 8 nitrogen and oxygen atoms in total. The zero-order chi connectivity index (χ0) is 22.2. The molecule has 2 aromatic heterocycles. The van der Waals surface area contributed by atoms with Crippen LogP contribution in [0.4, 0.5) is 0 Å². The van der Waals surface area contributed by atoms with Crippen molar-refractivity contribution >= 4 is 11.7 Å². The standard InChI is InChI=1S/C23H30N4O4/c1-23(2)12-16-20(17(28)13-23)21(18-6-5-10-31-18)25-27(16)19-8-7-15(14-24-19)22(29)26(3)9-11-30-4/h7-8,14,18H,5-6,9-13H2,1-4H3. The van der Waals surface area contributed by atoms with Gasteiger partial charge < -0.3 is 14.4 Å². The van der Waals surface area contributed by atoms with Crippen LogP contribution in [0, 0.1) is 5.41 Å². The third-order valence-electron chi connectivity index (χ3n) is 6.00. The van der Waals surface area contributed by atoms with Gasteiger partial charge in [-0.2, -0.15) is 5.10 Å². The number of fused-ring (bicyclic) bond motifs is 1. The molecule has 1 unspecified atom stereocenters. The molecule has 2 aliphatic rings. The minimum atomic E-state index is -0.143. The number of carbonyl (C=O) groups is 2. The zero-order valence-electron chi connectivity index (χ0n) is 18.7. The van der Waals surface area contributed by atoms with E-state index in [0.29, 0.717) is 43.1 Å². The van der Waals surface area contributed by atoms with Gasteiger partial charge in [0.1, 0.15) is 11.8 Å². The van der Waals surface area contributed by atoms with Crippen molar-refractivity contribution in [1.29, 1.82) is 0 Å². The second-order valence-corrected chi connectivity index (χ2v) is 9.19. The molecule has 1 fully saturated rings. The zero-order valence-corrected chi connectivity index (χ0v) is 18.7. The number of likely N-dealkylation sites (N-methyl/N-ethyl adjacent to an activating group) is 1. The fraction of sp³-hybridized carbons (Fsp3) is 0.565. The van der Waals surface area contributed by atoms with E-state index in [1.165, 1.54) is 0 Å². The molecule has 1 atom stereocenters. The largest absolute Gasteiger partial charge is 0.383 e. The van der Waals surface area contributed by atoms with Gasteiger partial charge >= 0.3 is 0 Å². The van der Waals surface area contributed by atoms with Crippen molar-refractivity contribution < 1.29 is 19.1 Å². The third-order valence-corrected chi connectivity index (χ3v) is 6.00. The van der Waals surface area contributed by atoms with Gasteiger partial charge in [0.2, 0.25) is 0 Å². The summed E-state index contributed by atoms with van der Waals surface area (Å²) < 4.78 is 12.7. The van der Waals surface area contributed by atoms with Crippen molar-refractivity contribution in [3.63, 3.8) is 0 Å². The molecular weight excluding hydrogens is 396 g/mol. The molecule has 166 valence electrons. The fourth-order valence-corrected chi connectivity index (χ4v) is 4.37. The van der Waals surface area contributed by atoms with E-state index in [2.05, 4.69) is 18.8 Å². The molecule has 0 saturated carbocycles. The number of methoxy groups -OCH3 is 1. The van der Waals surface area contributed by atoms with Crippen molar-refractivity contribution in [3.05, 3.63) is 40.8 Å². The van der Waals surface area contributed by atoms with Gasteiger partial charge in [0.05, 0.1) is 23.4 Å². The van der Waals surface area contributed by atoms with Crippen LogP contribution >= 0.6 is 0 Å². The van der Waals surface area contributed by atoms with E-state index in [1.54, 1.807) is 42.1 Å². The van der Waals surface area contributed by atoms with Crippen LogP contribution in [0.25, 0.3) is 5.82 Å². The van der Waals surface area contributed by atoms with Crippen LogP contribution in [-0.4, -0.2) is 65.3 Å². The van der Waals surface area contributed by atoms with Gasteiger partial charge in [-0.3, -0.25) is 9.59 Å². The van der Waals surface area contributed by atoms with Crippen LogP contribution in [-0.2, 0) is 15.9 Å². The van der Waals surface area contributed by atoms with Gasteiger partial charge in [0.15, 0.2) is 11.6 Å². The van der Waals surface area contributed by atoms with Gasteiger partial charge in [-0.1, -0.05) is 13.8 Å². The highest BCUT2D eigenvalue weighted by molar-refractivity contribution is 6.00. The Bertz CT molecular complexity index is 974. The molecule has 4 rings (SSSR count). The highest BCUT2D eigenvalue weighted by Crippen LogP contribution is 2.40. The molecule has 0 radical (unpaired) electrons. The number of hydrogen-bond donors (Lipinski definition) is 0. The molecule has 0 N–H and O–H groups in total. The summed E-state index contributed by atoms with van der Waals surface area (Å²) in [5, 5.41) is 4.81. The van der Waals surface area contributed by atoms with Crippen LogP contribution in [0.15, 0.2) is 18.3 Å². The molecule has 0 bridgehead atoms. The average Bonchev–Trinajstić information content (AvgIpc) is 3.38. The van der Waals surface area contributed by atoms with Crippen molar-refractivity contribution in [2.45, 2.75) is 45.6 Å². The number of ketones is 1. The minimum absolute atomic E-state index is 0.116. The van der Waals surface area contributed by atoms with E-state index in [-0.39, 0.29) is 23.2 Å². The molecule has 1 aliphatic carbocycles. The van der Waals surface area contributed by atoms with Crippen molar-refractivity contribution in [2.24, 2.45) is 5.41 Å². The van der Waals surface area contributed by atoms with E-state index < -0.39 is 0 Å². The lowest BCUT2D eigenvalue weighted by atomic mass is 9.75. The molecule has 0 aromatic carbocycles. The summed E-state index contributed by atoms with van der Waals surface area (Å²) in [6, 6.07) is 3.54. The summed E-state index contributed by atoms with van der Waals surface area (Å²) in [6.45, 7) is 5.87. The van der Waals surface area contributed by atoms with Crippen molar-refractivity contribution in [3.8, 4) is 5.82 Å². The summed E-state index contributed by atoms with van der Waals surface area (Å²) in [5.41, 5.74) is 2.67. The number of rotatable bonds is 6. The second-order valence-electron chi connectivity index (χ2n) is 9.19. The number of amides is 1. The molecule has 0 spiro atoms. The van der Waals surface area contributed by atoms with Gasteiger partial charge in [-0.15, -0.1) is 0 Å². The SMILES string of the molecule is COCCN(C)C(=O)c1ccc(-n2nc(C3CCCO3)c3c2CC(C)(C)CC3=O)nc1. The predicted octanol–water partition coefficient (Wildman–Crippen LogP) is 2.99. The fourth-order valence-electron chi connectivity index (χ4n) is 4.37. The van der Waals surface area contributed by atoms with E-state index in [4.69, 9.17) is 14.6 Å². The Balaban J connectivity index is 1.69. The third kappa shape index (κ3) is 4.27. The Labute approximate surface area is 182 Å². The van der Waals surface area contributed by atoms with E-state index in [9.17, 15) is 9.59 Å². The van der Waals surface area contributed by atoms with Crippen LogP contribution < -0.4 is 0 Å². The number of aromatic nitrogens is 3. The topological polar surface area (TPSA) is 86.5 Å². The lowest BCUT2D eigenvalue weighted by Gasteiger charge is -2.29. The molecular formula is C23H30N4O4. The Kier molecular flexibility index (Phi) is 5.94. The molecule has 1 aliphatic heterocycles. The first kappa shape index (κ1) is 21.6. The molecule has 31 heavy (non-hydrogen) atoms. The Morgan fingerprint density at radius 2 is 2.16 bits per heavy atom. The number of ether oxygens (including phenoxy) is 2. The normalized spacial score (nSPS) is 20.0. The maximum Gasteiger partial charge on any atom is 0.255 e. The van der Waals surface area contributed by atoms with E-state index >= 15 is 0 Å². The number of hydrogen-bond acceptors (Lipinski definition) is 6. The van der Waals surface area contributed by atoms with Crippen LogP contribution in [0.5, 0.6) is 0 Å². The van der Waals surface area contributed by atoms with Gasteiger partial charge in [0.25, 0.3) is 5.91 Å². The Hall–Kier alpha value is -2.58. The quantitative estimate of drug-likeness (QED) is 0.706. The smallest absolute Gasteiger partial charge is 0.255 e. The monoisotopic (exact) mass is 426 g/mol. The highest BCUT2D eigenvalue weighted by Gasteiger charge is 2.39. The van der Waals surface area contributed by atoms with Crippen LogP contribution in [0.1, 0.15) is 71.3 Å². The molecule has 1 saturated heterocycles.